The molecule has 0 aromatic rings. The van der Waals surface area contributed by atoms with Crippen molar-refractivity contribution in [3.8, 4) is 0 Å². The van der Waals surface area contributed by atoms with Gasteiger partial charge in [-0.05, 0) is 29.5 Å². The van der Waals surface area contributed by atoms with Crippen molar-refractivity contribution in [2.45, 2.75) is 6.92 Å². The fourth-order valence-corrected chi connectivity index (χ4v) is 1.14. The molecule has 0 heterocycles. The van der Waals surface area contributed by atoms with E-state index in [9.17, 15) is 4.57 Å². The topological polar surface area (TPSA) is 20.3 Å². The van der Waals surface area contributed by atoms with Gasteiger partial charge < -0.3 is 0 Å². The Bertz CT molecular complexity index is 112. The van der Waals surface area contributed by atoms with Crippen molar-refractivity contribution in [3.63, 3.8) is 0 Å². The molecule has 0 aromatic heterocycles. The van der Waals surface area contributed by atoms with Gasteiger partial charge in [0.1, 0.15) is 0 Å². The smallest absolute Gasteiger partial charge is 0.271 e. The molecule has 0 aromatic carbocycles. The molecular weight excluding hydrogens is 168 g/mol. The molecule has 0 saturated heterocycles. The molecule has 0 spiro atoms. The maximum atomic E-state index is 10.6. The van der Waals surface area contributed by atoms with Crippen LogP contribution >= 0.6 is 28.5 Å². The number of hydrogen-bond donors (Lipinski definition) is 0. The van der Waals surface area contributed by atoms with Crippen molar-refractivity contribution in [3.05, 3.63) is 0 Å². The summed E-state index contributed by atoms with van der Waals surface area (Å²) >= 11 is 10.5. The number of rotatable bonds is 2. The first-order valence-corrected chi connectivity index (χ1v) is 5.66. The monoisotopic (exact) mass is 175 g/mol. The van der Waals surface area contributed by atoms with Gasteiger partial charge in [-0.3, -0.25) is 4.57 Å². The molecule has 8 heavy (non-hydrogen) atoms. The Kier molecular flexibility index (Phi) is 3.37. The summed E-state index contributed by atoms with van der Waals surface area (Å²) in [6, 6.07) is 0. The van der Waals surface area contributed by atoms with Crippen molar-refractivity contribution < 1.29 is 4.57 Å². The van der Waals surface area contributed by atoms with E-state index < -0.39 is 6.00 Å². The van der Waals surface area contributed by atoms with Gasteiger partial charge in [0.15, 0.2) is 0 Å². The molecule has 0 aliphatic rings. The second kappa shape index (κ2) is 3.07. The van der Waals surface area contributed by atoms with Gasteiger partial charge in [-0.1, -0.05) is 6.92 Å². The van der Waals surface area contributed by atoms with E-state index in [1.165, 1.54) is 4.67 Å². The Hall–Kier alpha value is 0.770. The summed E-state index contributed by atoms with van der Waals surface area (Å²) in [7, 11) is 1.61. The predicted octanol–water partition coefficient (Wildman–Crippen LogP) is 2.52. The van der Waals surface area contributed by atoms with E-state index >= 15 is 0 Å². The molecule has 0 atom stereocenters. The average Bonchev–Trinajstić information content (AvgIpc) is 1.62. The second-order valence-corrected chi connectivity index (χ2v) is 6.23. The van der Waals surface area contributed by atoms with Crippen LogP contribution in [0.4, 0.5) is 0 Å². The Balaban J connectivity index is 3.82. The maximum absolute atomic E-state index is 10.6. The Morgan fingerprint density at radius 2 is 2.00 bits per heavy atom. The second-order valence-electron chi connectivity index (χ2n) is 1.41. The highest BCUT2D eigenvalue weighted by Crippen LogP contribution is 2.58. The van der Waals surface area contributed by atoms with Crippen LogP contribution in [-0.4, -0.2) is 18.3 Å². The normalized spacial score (nSPS) is 12.6. The Morgan fingerprint density at radius 3 is 2.00 bits per heavy atom. The van der Waals surface area contributed by atoms with Gasteiger partial charge >= 0.3 is 6.00 Å². The van der Waals surface area contributed by atoms with Gasteiger partial charge in [-0.15, -0.1) is 0 Å². The standard InChI is InChI=1S/C3H8Cl2NOP/c1-3-6(2)8(4,5)7/h3H2,1-2H3. The zero-order valence-corrected chi connectivity index (χ0v) is 7.17. The van der Waals surface area contributed by atoms with E-state index in [1.54, 1.807) is 7.05 Å². The highest BCUT2D eigenvalue weighted by molar-refractivity contribution is 8.06. The van der Waals surface area contributed by atoms with Crippen molar-refractivity contribution in [1.29, 1.82) is 0 Å². The van der Waals surface area contributed by atoms with Crippen LogP contribution in [0.3, 0.4) is 0 Å². The van der Waals surface area contributed by atoms with Crippen LogP contribution in [0.2, 0.25) is 0 Å². The minimum Gasteiger partial charge on any atom is -0.271 e. The molecule has 0 bridgehead atoms. The third kappa shape index (κ3) is 2.93. The van der Waals surface area contributed by atoms with Crippen LogP contribution in [0.1, 0.15) is 6.92 Å². The van der Waals surface area contributed by atoms with Gasteiger partial charge in [0.25, 0.3) is 0 Å². The van der Waals surface area contributed by atoms with Crippen LogP contribution in [0.5, 0.6) is 0 Å². The highest BCUT2D eigenvalue weighted by Gasteiger charge is 2.17. The summed E-state index contributed by atoms with van der Waals surface area (Å²) in [5.41, 5.74) is 0. The van der Waals surface area contributed by atoms with Crippen LogP contribution in [0.25, 0.3) is 0 Å². The minimum absolute atomic E-state index is 0.601. The molecule has 0 radical (unpaired) electrons. The van der Waals surface area contributed by atoms with E-state index in [4.69, 9.17) is 22.5 Å². The van der Waals surface area contributed by atoms with Crippen molar-refractivity contribution in [2.75, 3.05) is 13.6 Å². The quantitative estimate of drug-likeness (QED) is 0.602. The molecule has 0 amide bonds. The summed E-state index contributed by atoms with van der Waals surface area (Å²) in [6.45, 7) is 2.43. The van der Waals surface area contributed by atoms with Crippen LogP contribution < -0.4 is 0 Å². The Labute approximate surface area is 58.8 Å². The lowest BCUT2D eigenvalue weighted by Crippen LogP contribution is -2.07. The summed E-state index contributed by atoms with van der Waals surface area (Å²) in [5.74, 6) is -2.98. The summed E-state index contributed by atoms with van der Waals surface area (Å²) < 4.78 is 12.0. The fourth-order valence-electron chi connectivity index (χ4n) is 0.165. The minimum atomic E-state index is -2.98. The first-order valence-electron chi connectivity index (χ1n) is 2.19. The van der Waals surface area contributed by atoms with Gasteiger partial charge in [0.2, 0.25) is 0 Å². The lowest BCUT2D eigenvalue weighted by Gasteiger charge is -2.12. The van der Waals surface area contributed by atoms with Gasteiger partial charge in [-0.2, -0.15) is 0 Å². The van der Waals surface area contributed by atoms with Crippen LogP contribution in [-0.2, 0) is 4.57 Å². The lowest BCUT2D eigenvalue weighted by molar-refractivity contribution is 0.510. The molecule has 0 unspecified atom stereocenters. The summed E-state index contributed by atoms with van der Waals surface area (Å²) in [4.78, 5) is 0. The molecule has 5 heteroatoms. The lowest BCUT2D eigenvalue weighted by atomic mass is 10.8. The Morgan fingerprint density at radius 1 is 1.62 bits per heavy atom. The third-order valence-corrected chi connectivity index (χ3v) is 3.48. The highest BCUT2D eigenvalue weighted by atomic mass is 35.9. The molecule has 0 aliphatic carbocycles. The first-order chi connectivity index (χ1) is 3.48. The van der Waals surface area contributed by atoms with Crippen molar-refractivity contribution >= 4 is 28.5 Å². The molecule has 0 aliphatic heterocycles. The molecule has 0 saturated carbocycles. The number of halogens is 2. The van der Waals surface area contributed by atoms with E-state index in [2.05, 4.69) is 0 Å². The van der Waals surface area contributed by atoms with E-state index in [1.807, 2.05) is 6.92 Å². The maximum Gasteiger partial charge on any atom is 0.321 e. The molecule has 2 nitrogen and oxygen atoms in total. The predicted molar refractivity (Wildman–Crippen MR) is 37.6 cm³/mol. The first kappa shape index (κ1) is 8.77. The molecular formula is C3H8Cl2NOP. The summed E-state index contributed by atoms with van der Waals surface area (Å²) in [6.07, 6.45) is 0. The molecule has 0 N–H and O–H groups in total. The number of hydrogen-bond acceptors (Lipinski definition) is 1. The van der Waals surface area contributed by atoms with E-state index in [0.717, 1.165) is 0 Å². The van der Waals surface area contributed by atoms with Gasteiger partial charge in [0.05, 0.1) is 0 Å². The third-order valence-electron chi connectivity index (χ3n) is 0.855. The SMILES string of the molecule is CCN(C)P(=O)(Cl)Cl. The largest absolute Gasteiger partial charge is 0.321 e. The average molecular weight is 176 g/mol. The zero-order valence-electron chi connectivity index (χ0n) is 4.77. The molecule has 50 valence electrons. The van der Waals surface area contributed by atoms with Crippen LogP contribution in [0.15, 0.2) is 0 Å². The van der Waals surface area contributed by atoms with Crippen LogP contribution in [0, 0.1) is 0 Å². The molecule has 0 fully saturated rings. The van der Waals surface area contributed by atoms with E-state index in [0.29, 0.717) is 6.54 Å². The zero-order chi connectivity index (χ0) is 6.78. The fraction of sp³-hybridized carbons (Fsp3) is 1.00. The van der Waals surface area contributed by atoms with E-state index in [-0.39, 0.29) is 0 Å². The van der Waals surface area contributed by atoms with Crippen molar-refractivity contribution in [2.24, 2.45) is 0 Å². The van der Waals surface area contributed by atoms with Gasteiger partial charge in [-0.25, -0.2) is 4.67 Å². The van der Waals surface area contributed by atoms with Gasteiger partial charge in [0, 0.05) is 6.54 Å². The number of nitrogens with zero attached hydrogens (tertiary/aromatic N) is 1. The summed E-state index contributed by atoms with van der Waals surface area (Å²) in [5, 5.41) is 0. The van der Waals surface area contributed by atoms with Crippen molar-refractivity contribution in [1.82, 2.24) is 4.67 Å². The molecule has 0 rings (SSSR count).